The molecule has 0 radical (unpaired) electrons. The number of rotatable bonds is 6. The van der Waals surface area contributed by atoms with E-state index in [1.54, 1.807) is 20.3 Å². The molecule has 0 fully saturated rings. The highest BCUT2D eigenvalue weighted by Crippen LogP contribution is 2.36. The van der Waals surface area contributed by atoms with Gasteiger partial charge in [-0.25, -0.2) is 0 Å². The topological polar surface area (TPSA) is 30.5 Å². The molecule has 2 rings (SSSR count). The molecule has 0 aromatic heterocycles. The zero-order chi connectivity index (χ0) is 15.2. The predicted molar refractivity (Wildman–Crippen MR) is 87.7 cm³/mol. The minimum Gasteiger partial charge on any atom is -0.495 e. The van der Waals surface area contributed by atoms with Crippen LogP contribution in [0, 0.1) is 0 Å². The van der Waals surface area contributed by atoms with Crippen molar-refractivity contribution in [1.82, 2.24) is 0 Å². The molecule has 4 heteroatoms. The molecule has 0 amide bonds. The Kier molecular flexibility index (Phi) is 5.34. The van der Waals surface area contributed by atoms with Crippen molar-refractivity contribution in [2.24, 2.45) is 0 Å². The van der Waals surface area contributed by atoms with Gasteiger partial charge in [0.2, 0.25) is 0 Å². The summed E-state index contributed by atoms with van der Waals surface area (Å²) in [5, 5.41) is 3.93. The van der Waals surface area contributed by atoms with Gasteiger partial charge in [-0.15, -0.1) is 0 Å². The average molecular weight is 306 g/mol. The van der Waals surface area contributed by atoms with Gasteiger partial charge in [-0.1, -0.05) is 42.8 Å². The van der Waals surface area contributed by atoms with Crippen LogP contribution >= 0.6 is 11.6 Å². The summed E-state index contributed by atoms with van der Waals surface area (Å²) in [4.78, 5) is 0. The maximum Gasteiger partial charge on any atom is 0.143 e. The maximum absolute atomic E-state index is 6.11. The van der Waals surface area contributed by atoms with E-state index in [4.69, 9.17) is 21.1 Å². The van der Waals surface area contributed by atoms with Crippen LogP contribution < -0.4 is 14.8 Å². The van der Waals surface area contributed by atoms with Gasteiger partial charge in [0.25, 0.3) is 0 Å². The van der Waals surface area contributed by atoms with E-state index >= 15 is 0 Å². The van der Waals surface area contributed by atoms with E-state index in [0.717, 1.165) is 18.7 Å². The van der Waals surface area contributed by atoms with Gasteiger partial charge in [-0.05, 0) is 17.5 Å². The predicted octanol–water partition coefficient (Wildman–Crippen LogP) is 4.53. The smallest absolute Gasteiger partial charge is 0.143 e. The van der Waals surface area contributed by atoms with Crippen LogP contribution in [0.3, 0.4) is 0 Å². The fourth-order valence-electron chi connectivity index (χ4n) is 2.26. The zero-order valence-corrected chi connectivity index (χ0v) is 13.3. The molecule has 0 spiro atoms. The van der Waals surface area contributed by atoms with Crippen LogP contribution in [0.15, 0.2) is 36.4 Å². The maximum atomic E-state index is 6.11. The number of hydrogen-bond acceptors (Lipinski definition) is 3. The molecule has 112 valence electrons. The van der Waals surface area contributed by atoms with Gasteiger partial charge in [-0.3, -0.25) is 0 Å². The van der Waals surface area contributed by atoms with Crippen LogP contribution in [0.2, 0.25) is 5.02 Å². The Morgan fingerprint density at radius 3 is 2.29 bits per heavy atom. The first kappa shape index (κ1) is 15.5. The van der Waals surface area contributed by atoms with Crippen LogP contribution in [0.1, 0.15) is 18.1 Å². The Balaban J connectivity index is 2.23. The van der Waals surface area contributed by atoms with Crippen molar-refractivity contribution < 1.29 is 9.47 Å². The summed E-state index contributed by atoms with van der Waals surface area (Å²) in [6.45, 7) is 2.88. The highest BCUT2D eigenvalue weighted by atomic mass is 35.5. The summed E-state index contributed by atoms with van der Waals surface area (Å²) in [5.41, 5.74) is 3.48. The Morgan fingerprint density at radius 2 is 1.67 bits per heavy atom. The Morgan fingerprint density at radius 1 is 1.00 bits per heavy atom. The largest absolute Gasteiger partial charge is 0.495 e. The summed E-state index contributed by atoms with van der Waals surface area (Å²) in [5.74, 6) is 1.33. The van der Waals surface area contributed by atoms with Gasteiger partial charge in [0.05, 0.1) is 24.9 Å². The van der Waals surface area contributed by atoms with E-state index in [-0.39, 0.29) is 0 Å². The van der Waals surface area contributed by atoms with Crippen molar-refractivity contribution in [3.8, 4) is 11.5 Å². The number of halogens is 1. The van der Waals surface area contributed by atoms with Crippen molar-refractivity contribution in [1.29, 1.82) is 0 Å². The van der Waals surface area contributed by atoms with Gasteiger partial charge in [0, 0.05) is 18.7 Å². The molecule has 0 aliphatic carbocycles. The molecule has 21 heavy (non-hydrogen) atoms. The molecule has 0 unspecified atom stereocenters. The van der Waals surface area contributed by atoms with E-state index < -0.39 is 0 Å². The molecule has 0 heterocycles. The lowest BCUT2D eigenvalue weighted by Crippen LogP contribution is -2.04. The van der Waals surface area contributed by atoms with E-state index in [1.807, 2.05) is 6.07 Å². The molecular formula is C17H20ClNO2. The van der Waals surface area contributed by atoms with E-state index in [9.17, 15) is 0 Å². The molecule has 0 saturated carbocycles. The van der Waals surface area contributed by atoms with Crippen molar-refractivity contribution in [2.75, 3.05) is 19.5 Å². The summed E-state index contributed by atoms with van der Waals surface area (Å²) in [7, 11) is 3.23. The molecule has 3 nitrogen and oxygen atoms in total. The lowest BCUT2D eigenvalue weighted by molar-refractivity contribution is 0.404. The number of methoxy groups -OCH3 is 2. The van der Waals surface area contributed by atoms with E-state index in [1.165, 1.54) is 11.1 Å². The molecule has 1 N–H and O–H groups in total. The second-order valence-corrected chi connectivity index (χ2v) is 5.07. The highest BCUT2D eigenvalue weighted by Gasteiger charge is 2.10. The quantitative estimate of drug-likeness (QED) is 0.850. The SMILES string of the molecule is CCc1ccccc1CNc1cc(OC)c(Cl)cc1OC. The molecule has 0 bridgehead atoms. The normalized spacial score (nSPS) is 10.3. The van der Waals surface area contributed by atoms with Crippen molar-refractivity contribution >= 4 is 17.3 Å². The number of anilines is 1. The van der Waals surface area contributed by atoms with Gasteiger partial charge in [0.1, 0.15) is 11.5 Å². The monoisotopic (exact) mass is 305 g/mol. The first-order valence-corrected chi connectivity index (χ1v) is 7.29. The lowest BCUT2D eigenvalue weighted by atomic mass is 10.1. The number of hydrogen-bond donors (Lipinski definition) is 1. The van der Waals surface area contributed by atoms with Crippen LogP contribution in [-0.4, -0.2) is 14.2 Å². The molecular weight excluding hydrogens is 286 g/mol. The van der Waals surface area contributed by atoms with Crippen LogP contribution in [-0.2, 0) is 13.0 Å². The number of nitrogens with one attached hydrogen (secondary N) is 1. The lowest BCUT2D eigenvalue weighted by Gasteiger charge is -2.15. The summed E-state index contributed by atoms with van der Waals surface area (Å²) >= 11 is 6.11. The first-order valence-electron chi connectivity index (χ1n) is 6.91. The molecule has 0 atom stereocenters. The minimum absolute atomic E-state index is 0.536. The molecule has 0 aliphatic heterocycles. The fraction of sp³-hybridized carbons (Fsp3) is 0.294. The average Bonchev–Trinajstić information content (AvgIpc) is 2.53. The standard InChI is InChI=1S/C17H20ClNO2/c1-4-12-7-5-6-8-13(12)11-19-15-10-16(20-2)14(18)9-17(15)21-3/h5-10,19H,4,11H2,1-3H3. The van der Waals surface area contributed by atoms with E-state index in [0.29, 0.717) is 16.5 Å². The van der Waals surface area contributed by atoms with Crippen molar-refractivity contribution in [3.05, 3.63) is 52.5 Å². The van der Waals surface area contributed by atoms with Crippen LogP contribution in [0.5, 0.6) is 11.5 Å². The van der Waals surface area contributed by atoms with E-state index in [2.05, 4.69) is 36.5 Å². The summed E-state index contributed by atoms with van der Waals surface area (Å²) in [6.07, 6.45) is 1.01. The first-order chi connectivity index (χ1) is 10.2. The molecule has 2 aromatic carbocycles. The third kappa shape index (κ3) is 3.61. The van der Waals surface area contributed by atoms with Gasteiger partial charge in [-0.2, -0.15) is 0 Å². The summed E-state index contributed by atoms with van der Waals surface area (Å²) in [6, 6.07) is 12.0. The number of aryl methyl sites for hydroxylation is 1. The zero-order valence-electron chi connectivity index (χ0n) is 12.6. The van der Waals surface area contributed by atoms with Gasteiger partial charge in [0.15, 0.2) is 0 Å². The highest BCUT2D eigenvalue weighted by molar-refractivity contribution is 6.32. The molecule has 0 saturated heterocycles. The molecule has 0 aliphatic rings. The fourth-order valence-corrected chi connectivity index (χ4v) is 2.49. The Bertz CT molecular complexity index is 614. The van der Waals surface area contributed by atoms with Crippen LogP contribution in [0.4, 0.5) is 5.69 Å². The Labute approximate surface area is 130 Å². The van der Waals surface area contributed by atoms with Crippen molar-refractivity contribution in [3.63, 3.8) is 0 Å². The number of benzene rings is 2. The second kappa shape index (κ2) is 7.23. The number of ether oxygens (including phenoxy) is 2. The van der Waals surface area contributed by atoms with Crippen molar-refractivity contribution in [2.45, 2.75) is 19.9 Å². The van der Waals surface area contributed by atoms with Gasteiger partial charge < -0.3 is 14.8 Å². The summed E-state index contributed by atoms with van der Waals surface area (Å²) < 4.78 is 10.6. The Hall–Kier alpha value is -1.87. The van der Waals surface area contributed by atoms with Gasteiger partial charge >= 0.3 is 0 Å². The third-order valence-electron chi connectivity index (χ3n) is 3.44. The second-order valence-electron chi connectivity index (χ2n) is 4.66. The van der Waals surface area contributed by atoms with Crippen LogP contribution in [0.25, 0.3) is 0 Å². The third-order valence-corrected chi connectivity index (χ3v) is 3.74. The molecule has 2 aromatic rings. The minimum atomic E-state index is 0.536.